The number of hydrogen-bond acceptors (Lipinski definition) is 8. The molecule has 4 aromatic carbocycles. The smallest absolute Gasteiger partial charge is 0.152 e. The van der Waals surface area contributed by atoms with Crippen molar-refractivity contribution in [1.82, 2.24) is 24.5 Å². The molecule has 11 rings (SSSR count). The van der Waals surface area contributed by atoms with Gasteiger partial charge in [0.15, 0.2) is 5.82 Å². The van der Waals surface area contributed by atoms with Crippen LogP contribution in [0.1, 0.15) is 11.1 Å². The highest BCUT2D eigenvalue weighted by molar-refractivity contribution is 6.36. The van der Waals surface area contributed by atoms with E-state index in [2.05, 4.69) is 41.8 Å². The van der Waals surface area contributed by atoms with Crippen molar-refractivity contribution in [2.75, 3.05) is 67.7 Å². The molecule has 0 atom stereocenters. The van der Waals surface area contributed by atoms with Crippen LogP contribution in [0.15, 0.2) is 97.5 Å². The van der Waals surface area contributed by atoms with Crippen LogP contribution in [0.4, 0.5) is 40.4 Å². The van der Waals surface area contributed by atoms with Gasteiger partial charge in [0, 0.05) is 103 Å². The molecule has 0 aliphatic carbocycles. The lowest BCUT2D eigenvalue weighted by Crippen LogP contribution is -2.38. The molecule has 2 aliphatic heterocycles. The summed E-state index contributed by atoms with van der Waals surface area (Å²) in [7, 11) is 2.00. The minimum Gasteiger partial charge on any atom is -0.378 e. The number of benzene rings is 4. The lowest BCUT2D eigenvalue weighted by Gasteiger charge is -2.32. The fourth-order valence-electron chi connectivity index (χ4n) is 8.88. The number of aromatic amines is 1. The van der Waals surface area contributed by atoms with Gasteiger partial charge in [-0.1, -0.05) is 29.8 Å². The van der Waals surface area contributed by atoms with Crippen molar-refractivity contribution < 1.29 is 27.0 Å². The Morgan fingerprint density at radius 1 is 0.723 bits per heavy atom. The number of nitrogens with one attached hydrogen (secondary N) is 2. The minimum atomic E-state index is -0.702. The Hall–Kier alpha value is -6.74. The molecule has 0 unspecified atom stereocenters. The molecule has 0 bridgehead atoms. The zero-order valence-corrected chi connectivity index (χ0v) is 36.5. The Kier molecular flexibility index (Phi) is 11.3. The standard InChI is InChI=1S/C32H32F2N6O2.C18H11ClF2N2/c1-20-30(22-3-4-28-21(15-22)5-6-38(28)2)36-26-17-23(33)16-25(34)29(26)31(20)37-27-18-24(39-7-11-41-12-8-39)19-35-32(27)40-9-13-42-14-10-40;1-9-17(19)16-13(21)7-10(20)8-15(16)23-18(9)12-3-2-4-14-11(12)5-6-22-14/h3-6,15-19H,7-14H2,1-2H3,(H,36,37);2-8,22H,1H3. The fraction of sp³-hybridized carbons (Fsp3) is 0.220. The van der Waals surface area contributed by atoms with Crippen molar-refractivity contribution >= 4 is 78.1 Å². The highest BCUT2D eigenvalue weighted by Gasteiger charge is 2.24. The van der Waals surface area contributed by atoms with Gasteiger partial charge in [-0.15, -0.1) is 0 Å². The maximum absolute atomic E-state index is 15.6. The maximum atomic E-state index is 15.6. The number of fused-ring (bicyclic) bond motifs is 4. The molecule has 9 aromatic rings. The number of anilines is 4. The summed E-state index contributed by atoms with van der Waals surface area (Å²) in [6, 6.07) is 22.2. The average molecular weight is 899 g/mol. The van der Waals surface area contributed by atoms with E-state index in [9.17, 15) is 13.2 Å². The first-order chi connectivity index (χ1) is 31.5. The molecule has 0 radical (unpaired) electrons. The van der Waals surface area contributed by atoms with E-state index in [0.717, 1.165) is 80.9 Å². The summed E-state index contributed by atoms with van der Waals surface area (Å²) in [4.78, 5) is 21.7. The summed E-state index contributed by atoms with van der Waals surface area (Å²) < 4.78 is 70.9. The quantitative estimate of drug-likeness (QED) is 0.159. The van der Waals surface area contributed by atoms with Crippen molar-refractivity contribution in [1.29, 1.82) is 0 Å². The van der Waals surface area contributed by atoms with E-state index in [-0.39, 0.29) is 26.8 Å². The molecule has 2 aliphatic rings. The number of rotatable bonds is 6. The van der Waals surface area contributed by atoms with E-state index in [0.29, 0.717) is 62.2 Å². The molecule has 2 saturated heterocycles. The molecule has 330 valence electrons. The number of halogens is 5. The van der Waals surface area contributed by atoms with E-state index in [1.165, 1.54) is 12.1 Å². The van der Waals surface area contributed by atoms with Gasteiger partial charge in [-0.25, -0.2) is 32.5 Å². The number of H-pyrrole nitrogens is 1. The minimum absolute atomic E-state index is 0.149. The molecule has 2 fully saturated rings. The van der Waals surface area contributed by atoms with Crippen LogP contribution >= 0.6 is 11.6 Å². The van der Waals surface area contributed by atoms with Crippen LogP contribution in [0.25, 0.3) is 66.1 Å². The number of morpholine rings is 2. The van der Waals surface area contributed by atoms with Crippen molar-refractivity contribution in [3.63, 3.8) is 0 Å². The lowest BCUT2D eigenvalue weighted by atomic mass is 10.00. The van der Waals surface area contributed by atoms with Crippen LogP contribution < -0.4 is 15.1 Å². The van der Waals surface area contributed by atoms with E-state index in [1.807, 2.05) is 75.0 Å². The number of hydrogen-bond donors (Lipinski definition) is 2. The van der Waals surface area contributed by atoms with Gasteiger partial charge in [0.2, 0.25) is 0 Å². The monoisotopic (exact) mass is 898 g/mol. The largest absolute Gasteiger partial charge is 0.378 e. The van der Waals surface area contributed by atoms with Crippen molar-refractivity contribution in [3.05, 3.63) is 137 Å². The highest BCUT2D eigenvalue weighted by atomic mass is 35.5. The summed E-state index contributed by atoms with van der Waals surface area (Å²) in [5, 5.41) is 6.25. The second-order valence-electron chi connectivity index (χ2n) is 16.3. The molecule has 7 heterocycles. The normalized spacial score (nSPS) is 14.4. The summed E-state index contributed by atoms with van der Waals surface area (Å²) >= 11 is 6.35. The molecule has 10 nitrogen and oxygen atoms in total. The Labute approximate surface area is 376 Å². The highest BCUT2D eigenvalue weighted by Crippen LogP contribution is 2.41. The van der Waals surface area contributed by atoms with Crippen molar-refractivity contribution in [3.8, 4) is 22.5 Å². The summed E-state index contributed by atoms with van der Waals surface area (Å²) in [5.41, 5.74) is 9.18. The second-order valence-corrected chi connectivity index (χ2v) is 16.6. The third-order valence-corrected chi connectivity index (χ3v) is 12.7. The summed E-state index contributed by atoms with van der Waals surface area (Å²) in [6.07, 6.45) is 5.73. The van der Waals surface area contributed by atoms with Crippen LogP contribution in [0.5, 0.6) is 0 Å². The van der Waals surface area contributed by atoms with Crippen LogP contribution in [0.3, 0.4) is 0 Å². The Morgan fingerprint density at radius 2 is 1.40 bits per heavy atom. The van der Waals surface area contributed by atoms with Crippen LogP contribution in [0.2, 0.25) is 5.02 Å². The summed E-state index contributed by atoms with van der Waals surface area (Å²) in [5.74, 6) is -1.95. The van der Waals surface area contributed by atoms with Gasteiger partial charge < -0.3 is 34.1 Å². The van der Waals surface area contributed by atoms with Crippen LogP contribution in [0, 0.1) is 37.1 Å². The van der Waals surface area contributed by atoms with Gasteiger partial charge in [0.05, 0.1) is 87.9 Å². The van der Waals surface area contributed by atoms with Gasteiger partial charge in [-0.3, -0.25) is 0 Å². The van der Waals surface area contributed by atoms with Gasteiger partial charge in [-0.2, -0.15) is 0 Å². The number of pyridine rings is 3. The maximum Gasteiger partial charge on any atom is 0.152 e. The molecule has 0 amide bonds. The van der Waals surface area contributed by atoms with Gasteiger partial charge in [0.1, 0.15) is 23.3 Å². The van der Waals surface area contributed by atoms with Crippen molar-refractivity contribution in [2.24, 2.45) is 7.05 Å². The predicted molar refractivity (Wildman–Crippen MR) is 251 cm³/mol. The second kappa shape index (κ2) is 17.3. The van der Waals surface area contributed by atoms with Gasteiger partial charge in [-0.05, 0) is 61.4 Å². The molecular weight excluding hydrogens is 856 g/mol. The number of ether oxygens (including phenoxy) is 2. The third-order valence-electron chi connectivity index (χ3n) is 12.2. The number of aryl methyl sites for hydroxylation is 1. The summed E-state index contributed by atoms with van der Waals surface area (Å²) in [6.45, 7) is 9.11. The molecular formula is C50H43ClF4N8O2. The first kappa shape index (κ1) is 42.2. The fourth-order valence-corrected chi connectivity index (χ4v) is 9.16. The SMILES string of the molecule is Cc1c(-c2ccc3c(ccn3C)c2)nc2cc(F)cc(F)c2c1Nc1cc(N2CCOCC2)cnc1N1CCOCC1.Cc1c(-c2cccc3[nH]ccc23)nc2cc(F)cc(F)c2c1Cl. The van der Waals surface area contributed by atoms with E-state index < -0.39 is 23.3 Å². The lowest BCUT2D eigenvalue weighted by molar-refractivity contribution is 0.122. The zero-order chi connectivity index (χ0) is 44.9. The first-order valence-electron chi connectivity index (χ1n) is 21.3. The van der Waals surface area contributed by atoms with Crippen molar-refractivity contribution in [2.45, 2.75) is 13.8 Å². The topological polar surface area (TPSA) is 96.4 Å². The molecule has 0 saturated carbocycles. The molecule has 5 aromatic heterocycles. The van der Waals surface area contributed by atoms with Crippen LogP contribution in [-0.4, -0.2) is 77.1 Å². The van der Waals surface area contributed by atoms with E-state index >= 15 is 4.39 Å². The first-order valence-corrected chi connectivity index (χ1v) is 21.7. The Bertz CT molecular complexity index is 3290. The zero-order valence-electron chi connectivity index (χ0n) is 35.8. The van der Waals surface area contributed by atoms with Gasteiger partial charge in [0.25, 0.3) is 0 Å². The number of aromatic nitrogens is 5. The Morgan fingerprint density at radius 3 is 2.14 bits per heavy atom. The number of nitrogens with zero attached hydrogens (tertiary/aromatic N) is 6. The van der Waals surface area contributed by atoms with E-state index in [1.54, 1.807) is 6.92 Å². The molecule has 0 spiro atoms. The molecule has 15 heteroatoms. The third kappa shape index (κ3) is 7.95. The molecule has 2 N–H and O–H groups in total. The van der Waals surface area contributed by atoms with Crippen LogP contribution in [-0.2, 0) is 16.5 Å². The van der Waals surface area contributed by atoms with Gasteiger partial charge >= 0.3 is 0 Å². The molecule has 65 heavy (non-hydrogen) atoms. The van der Waals surface area contributed by atoms with E-state index in [4.69, 9.17) is 31.0 Å². The Balaban J connectivity index is 0.000000182. The average Bonchev–Trinajstić information content (AvgIpc) is 3.95. The predicted octanol–water partition coefficient (Wildman–Crippen LogP) is 11.4.